The first-order valence-corrected chi connectivity index (χ1v) is 7.60. The monoisotopic (exact) mass is 275 g/mol. The second-order valence-electron chi connectivity index (χ2n) is 5.56. The summed E-state index contributed by atoms with van der Waals surface area (Å²) in [6, 6.07) is 0. The summed E-state index contributed by atoms with van der Waals surface area (Å²) in [5.41, 5.74) is -0.406. The number of hydrogen-bond donors (Lipinski definition) is 1. The molecule has 0 amide bonds. The number of carbonyl (C=O) groups excluding carboxylic acids is 1. The number of hydrogen-bond acceptors (Lipinski definition) is 5. The third kappa shape index (κ3) is 4.14. The second kappa shape index (κ2) is 6.78. The molecule has 4 nitrogen and oxygen atoms in total. The Labute approximate surface area is 114 Å². The van der Waals surface area contributed by atoms with Crippen LogP contribution in [0, 0.1) is 5.41 Å². The van der Waals surface area contributed by atoms with E-state index >= 15 is 0 Å². The molecule has 1 fully saturated rings. The highest BCUT2D eigenvalue weighted by Crippen LogP contribution is 2.39. The molecule has 1 saturated heterocycles. The van der Waals surface area contributed by atoms with Gasteiger partial charge < -0.3 is 9.47 Å². The molecule has 1 atom stereocenters. The summed E-state index contributed by atoms with van der Waals surface area (Å²) < 4.78 is 10.3. The van der Waals surface area contributed by atoms with Gasteiger partial charge in [0.1, 0.15) is 5.54 Å². The van der Waals surface area contributed by atoms with Crippen LogP contribution in [0.2, 0.25) is 0 Å². The van der Waals surface area contributed by atoms with Crippen LogP contribution < -0.4 is 5.32 Å². The maximum absolute atomic E-state index is 12.3. The Kier molecular flexibility index (Phi) is 5.95. The van der Waals surface area contributed by atoms with Crippen molar-refractivity contribution in [1.29, 1.82) is 0 Å². The van der Waals surface area contributed by atoms with Crippen LogP contribution in [0.3, 0.4) is 0 Å². The summed E-state index contributed by atoms with van der Waals surface area (Å²) in [6.45, 7) is 7.95. The summed E-state index contributed by atoms with van der Waals surface area (Å²) in [7, 11) is 1.66. The Morgan fingerprint density at radius 1 is 1.39 bits per heavy atom. The maximum atomic E-state index is 12.3. The fraction of sp³-hybridized carbons (Fsp3) is 0.923. The van der Waals surface area contributed by atoms with Gasteiger partial charge in [0.2, 0.25) is 0 Å². The van der Waals surface area contributed by atoms with Crippen LogP contribution in [-0.2, 0) is 14.3 Å². The van der Waals surface area contributed by atoms with E-state index in [1.807, 2.05) is 18.7 Å². The number of nitrogens with one attached hydrogen (secondary N) is 1. The minimum atomic E-state index is -0.555. The molecule has 1 heterocycles. The van der Waals surface area contributed by atoms with Crippen molar-refractivity contribution in [3.8, 4) is 0 Å². The van der Waals surface area contributed by atoms with Gasteiger partial charge in [-0.1, -0.05) is 13.8 Å². The number of thioether (sulfide) groups is 1. The summed E-state index contributed by atoms with van der Waals surface area (Å²) in [5.74, 6) is 1.74. The van der Waals surface area contributed by atoms with Crippen LogP contribution in [0.25, 0.3) is 0 Å². The van der Waals surface area contributed by atoms with Gasteiger partial charge in [0.25, 0.3) is 0 Å². The lowest BCUT2D eigenvalue weighted by atomic mass is 9.79. The Hall–Kier alpha value is -0.260. The number of methoxy groups -OCH3 is 1. The van der Waals surface area contributed by atoms with Crippen molar-refractivity contribution in [3.05, 3.63) is 0 Å². The van der Waals surface area contributed by atoms with Crippen molar-refractivity contribution >= 4 is 17.7 Å². The van der Waals surface area contributed by atoms with Gasteiger partial charge in [0.05, 0.1) is 13.2 Å². The zero-order valence-electron chi connectivity index (χ0n) is 11.9. The van der Waals surface area contributed by atoms with E-state index in [2.05, 4.69) is 19.2 Å². The van der Waals surface area contributed by atoms with Gasteiger partial charge in [-0.25, -0.2) is 0 Å². The molecule has 0 radical (unpaired) electrons. The average molecular weight is 275 g/mol. The predicted molar refractivity (Wildman–Crippen MR) is 75.0 cm³/mol. The molecule has 0 aromatic rings. The van der Waals surface area contributed by atoms with E-state index < -0.39 is 5.54 Å². The van der Waals surface area contributed by atoms with Crippen LogP contribution >= 0.6 is 11.8 Å². The van der Waals surface area contributed by atoms with Gasteiger partial charge in [-0.2, -0.15) is 11.8 Å². The Morgan fingerprint density at radius 3 is 2.67 bits per heavy atom. The van der Waals surface area contributed by atoms with E-state index in [0.29, 0.717) is 19.8 Å². The van der Waals surface area contributed by atoms with Gasteiger partial charge in [0, 0.05) is 19.4 Å². The predicted octanol–water partition coefficient (Wildman–Crippen LogP) is 1.69. The maximum Gasteiger partial charge on any atom is 0.327 e. The Balaban J connectivity index is 2.76. The zero-order chi connectivity index (χ0) is 13.6. The van der Waals surface area contributed by atoms with Crippen LogP contribution in [0.4, 0.5) is 0 Å². The highest BCUT2D eigenvalue weighted by molar-refractivity contribution is 7.99. The Bertz CT molecular complexity index is 283. The molecule has 0 aliphatic carbocycles. The van der Waals surface area contributed by atoms with Crippen molar-refractivity contribution < 1.29 is 14.3 Å². The third-order valence-corrected chi connectivity index (χ3v) is 4.74. The fourth-order valence-electron chi connectivity index (χ4n) is 2.40. The second-order valence-corrected chi connectivity index (χ2v) is 6.54. The summed E-state index contributed by atoms with van der Waals surface area (Å²) >= 11 is 1.82. The first-order chi connectivity index (χ1) is 8.46. The molecule has 0 bridgehead atoms. The normalized spacial score (nSPS) is 26.9. The quantitative estimate of drug-likeness (QED) is 0.590. The summed E-state index contributed by atoms with van der Waals surface area (Å²) in [4.78, 5) is 12.3. The van der Waals surface area contributed by atoms with Crippen molar-refractivity contribution in [2.24, 2.45) is 5.41 Å². The fourth-order valence-corrected chi connectivity index (χ4v) is 3.83. The van der Waals surface area contributed by atoms with E-state index in [0.717, 1.165) is 17.9 Å². The molecule has 18 heavy (non-hydrogen) atoms. The number of esters is 1. The van der Waals surface area contributed by atoms with Crippen LogP contribution in [0.5, 0.6) is 0 Å². The minimum absolute atomic E-state index is 0.124. The minimum Gasteiger partial charge on any atom is -0.465 e. The topological polar surface area (TPSA) is 47.6 Å². The standard InChI is InChI=1S/C13H25NO3S/c1-5-17-11(15)13(14-6-7-16-4)8-12(2,3)9-18-10-13/h14H,5-10H2,1-4H3. The first kappa shape index (κ1) is 15.8. The summed E-state index contributed by atoms with van der Waals surface area (Å²) in [6.07, 6.45) is 0.815. The molecule has 1 unspecified atom stereocenters. The molecule has 1 N–H and O–H groups in total. The van der Waals surface area contributed by atoms with E-state index in [-0.39, 0.29) is 11.4 Å². The highest BCUT2D eigenvalue weighted by atomic mass is 32.2. The van der Waals surface area contributed by atoms with Crippen molar-refractivity contribution in [1.82, 2.24) is 5.32 Å². The lowest BCUT2D eigenvalue weighted by molar-refractivity contribution is -0.151. The number of carbonyl (C=O) groups is 1. The van der Waals surface area contributed by atoms with Crippen LogP contribution in [0.15, 0.2) is 0 Å². The van der Waals surface area contributed by atoms with Crippen molar-refractivity contribution in [2.45, 2.75) is 32.7 Å². The van der Waals surface area contributed by atoms with Gasteiger partial charge >= 0.3 is 5.97 Å². The van der Waals surface area contributed by atoms with Crippen LogP contribution in [-0.4, -0.2) is 49.9 Å². The number of rotatable bonds is 6. The molecule has 0 spiro atoms. The van der Waals surface area contributed by atoms with Crippen LogP contribution in [0.1, 0.15) is 27.2 Å². The molecule has 1 aliphatic heterocycles. The third-order valence-electron chi connectivity index (χ3n) is 3.06. The molecular weight excluding hydrogens is 250 g/mol. The summed E-state index contributed by atoms with van der Waals surface area (Å²) in [5, 5.41) is 3.36. The number of ether oxygens (including phenoxy) is 2. The van der Waals surface area contributed by atoms with Gasteiger partial charge in [-0.15, -0.1) is 0 Å². The van der Waals surface area contributed by atoms with Gasteiger partial charge in [-0.3, -0.25) is 10.1 Å². The lowest BCUT2D eigenvalue weighted by Crippen LogP contribution is -2.60. The smallest absolute Gasteiger partial charge is 0.327 e. The zero-order valence-corrected chi connectivity index (χ0v) is 12.7. The SMILES string of the molecule is CCOC(=O)C1(NCCOC)CSCC(C)(C)C1. The Morgan fingerprint density at radius 2 is 2.11 bits per heavy atom. The molecule has 0 aromatic carbocycles. The van der Waals surface area contributed by atoms with E-state index in [1.54, 1.807) is 7.11 Å². The molecule has 1 aliphatic rings. The average Bonchev–Trinajstić information content (AvgIpc) is 2.28. The highest BCUT2D eigenvalue weighted by Gasteiger charge is 2.46. The first-order valence-electron chi connectivity index (χ1n) is 6.45. The largest absolute Gasteiger partial charge is 0.465 e. The molecular formula is C13H25NO3S. The lowest BCUT2D eigenvalue weighted by Gasteiger charge is -2.43. The van der Waals surface area contributed by atoms with E-state index in [4.69, 9.17) is 9.47 Å². The molecule has 1 rings (SSSR count). The van der Waals surface area contributed by atoms with Crippen molar-refractivity contribution in [2.75, 3.05) is 38.4 Å². The molecule has 0 saturated carbocycles. The molecule has 0 aromatic heterocycles. The molecule has 106 valence electrons. The molecule has 5 heteroatoms. The van der Waals surface area contributed by atoms with E-state index in [1.165, 1.54) is 0 Å². The van der Waals surface area contributed by atoms with Gasteiger partial charge in [-0.05, 0) is 24.5 Å². The van der Waals surface area contributed by atoms with E-state index in [9.17, 15) is 4.79 Å². The van der Waals surface area contributed by atoms with Crippen molar-refractivity contribution in [3.63, 3.8) is 0 Å². The van der Waals surface area contributed by atoms with Gasteiger partial charge in [0.15, 0.2) is 0 Å².